The second-order valence-electron chi connectivity index (χ2n) is 3.74. The van der Waals surface area contributed by atoms with E-state index in [4.69, 9.17) is 5.73 Å². The van der Waals surface area contributed by atoms with E-state index >= 15 is 0 Å². The molecule has 1 heterocycles. The summed E-state index contributed by atoms with van der Waals surface area (Å²) in [7, 11) is 1.96. The lowest BCUT2D eigenvalue weighted by atomic mass is 10.0. The lowest BCUT2D eigenvalue weighted by Crippen LogP contribution is -2.05. The first-order valence-corrected chi connectivity index (χ1v) is 4.79. The number of fused-ring (bicyclic) bond motifs is 1. The number of rotatable bonds is 1. The van der Waals surface area contributed by atoms with Crippen LogP contribution in [0.15, 0.2) is 18.2 Å². The van der Waals surface area contributed by atoms with Crippen molar-refractivity contribution in [1.29, 1.82) is 0 Å². The quantitative estimate of drug-likeness (QED) is 0.744. The molecule has 0 amide bonds. The fourth-order valence-electron chi connectivity index (χ4n) is 1.81. The van der Waals surface area contributed by atoms with Gasteiger partial charge in [-0.3, -0.25) is 4.68 Å². The summed E-state index contributed by atoms with van der Waals surface area (Å²) in [5, 5.41) is 5.62. The molecule has 2 rings (SSSR count). The second-order valence-corrected chi connectivity index (χ2v) is 3.74. The van der Waals surface area contributed by atoms with Gasteiger partial charge in [0.25, 0.3) is 0 Å². The fourth-order valence-corrected chi connectivity index (χ4v) is 1.81. The summed E-state index contributed by atoms with van der Waals surface area (Å²) in [6.45, 7) is 4.07. The highest BCUT2D eigenvalue weighted by Crippen LogP contribution is 2.25. The molecule has 0 spiro atoms. The summed E-state index contributed by atoms with van der Waals surface area (Å²) < 4.78 is 1.90. The third-order valence-electron chi connectivity index (χ3n) is 2.67. The Morgan fingerprint density at radius 3 is 2.79 bits per heavy atom. The van der Waals surface area contributed by atoms with Crippen LogP contribution in [0, 0.1) is 6.92 Å². The Morgan fingerprint density at radius 1 is 1.43 bits per heavy atom. The SMILES string of the molecule is Cc1c2c(C(C)N)cccc2nn1C. The van der Waals surface area contributed by atoms with Crippen molar-refractivity contribution in [3.8, 4) is 0 Å². The van der Waals surface area contributed by atoms with Crippen molar-refractivity contribution < 1.29 is 0 Å². The highest BCUT2D eigenvalue weighted by atomic mass is 15.3. The lowest BCUT2D eigenvalue weighted by Gasteiger charge is -2.07. The van der Waals surface area contributed by atoms with Gasteiger partial charge in [0.05, 0.1) is 5.52 Å². The number of hydrogen-bond donors (Lipinski definition) is 1. The van der Waals surface area contributed by atoms with E-state index in [0.29, 0.717) is 0 Å². The van der Waals surface area contributed by atoms with Crippen LogP contribution in [0.3, 0.4) is 0 Å². The first kappa shape index (κ1) is 9.21. The minimum absolute atomic E-state index is 0.0570. The number of nitrogens with two attached hydrogens (primary N) is 1. The molecule has 3 nitrogen and oxygen atoms in total. The average molecular weight is 189 g/mol. The van der Waals surface area contributed by atoms with E-state index in [1.807, 2.05) is 30.8 Å². The van der Waals surface area contributed by atoms with Crippen LogP contribution in [0.5, 0.6) is 0 Å². The van der Waals surface area contributed by atoms with Gasteiger partial charge in [0, 0.05) is 24.2 Å². The highest BCUT2D eigenvalue weighted by Gasteiger charge is 2.11. The zero-order valence-electron chi connectivity index (χ0n) is 8.78. The summed E-state index contributed by atoms with van der Waals surface area (Å²) >= 11 is 0. The van der Waals surface area contributed by atoms with Crippen LogP contribution in [0.2, 0.25) is 0 Å². The van der Waals surface area contributed by atoms with Crippen molar-refractivity contribution in [2.24, 2.45) is 12.8 Å². The third kappa shape index (κ3) is 1.21. The Balaban J connectivity index is 2.84. The van der Waals surface area contributed by atoms with Crippen molar-refractivity contribution in [2.75, 3.05) is 0 Å². The van der Waals surface area contributed by atoms with E-state index in [1.54, 1.807) is 0 Å². The monoisotopic (exact) mass is 189 g/mol. The Morgan fingerprint density at radius 2 is 2.14 bits per heavy atom. The minimum atomic E-state index is 0.0570. The number of benzene rings is 1. The Bertz CT molecular complexity index is 469. The van der Waals surface area contributed by atoms with Gasteiger partial charge in [0.15, 0.2) is 0 Å². The van der Waals surface area contributed by atoms with Gasteiger partial charge in [-0.2, -0.15) is 5.10 Å². The van der Waals surface area contributed by atoms with E-state index in [1.165, 1.54) is 16.6 Å². The average Bonchev–Trinajstić information content (AvgIpc) is 2.43. The maximum atomic E-state index is 5.92. The molecule has 0 aliphatic heterocycles. The Kier molecular flexibility index (Phi) is 2.04. The number of hydrogen-bond acceptors (Lipinski definition) is 2. The van der Waals surface area contributed by atoms with Gasteiger partial charge in [-0.25, -0.2) is 0 Å². The predicted octanol–water partition coefficient (Wildman–Crippen LogP) is 1.90. The van der Waals surface area contributed by atoms with Crippen LogP contribution in [0.4, 0.5) is 0 Å². The topological polar surface area (TPSA) is 43.8 Å². The first-order chi connectivity index (χ1) is 6.61. The minimum Gasteiger partial charge on any atom is -0.324 e. The van der Waals surface area contributed by atoms with Crippen LogP contribution in [-0.4, -0.2) is 9.78 Å². The zero-order chi connectivity index (χ0) is 10.3. The van der Waals surface area contributed by atoms with E-state index < -0.39 is 0 Å². The maximum Gasteiger partial charge on any atom is 0.0929 e. The molecule has 1 atom stereocenters. The normalized spacial score (nSPS) is 13.4. The van der Waals surface area contributed by atoms with Gasteiger partial charge >= 0.3 is 0 Å². The van der Waals surface area contributed by atoms with Gasteiger partial charge in [-0.05, 0) is 25.5 Å². The van der Waals surface area contributed by atoms with E-state index in [2.05, 4.69) is 18.1 Å². The molecular weight excluding hydrogens is 174 g/mol. The molecule has 0 bridgehead atoms. The van der Waals surface area contributed by atoms with Gasteiger partial charge in [-0.15, -0.1) is 0 Å². The molecule has 74 valence electrons. The van der Waals surface area contributed by atoms with Crippen LogP contribution < -0.4 is 5.73 Å². The standard InChI is InChI=1S/C11H15N3/c1-7(12)9-5-4-6-10-11(9)8(2)14(3)13-10/h4-7H,12H2,1-3H3. The summed E-state index contributed by atoms with van der Waals surface area (Å²) in [5.41, 5.74) is 9.30. The highest BCUT2D eigenvalue weighted by molar-refractivity contribution is 5.85. The van der Waals surface area contributed by atoms with Crippen molar-refractivity contribution in [3.05, 3.63) is 29.5 Å². The zero-order valence-corrected chi connectivity index (χ0v) is 8.78. The molecule has 3 heteroatoms. The van der Waals surface area contributed by atoms with E-state index in [-0.39, 0.29) is 6.04 Å². The summed E-state index contributed by atoms with van der Waals surface area (Å²) in [5.74, 6) is 0. The van der Waals surface area contributed by atoms with E-state index in [0.717, 1.165) is 5.52 Å². The van der Waals surface area contributed by atoms with E-state index in [9.17, 15) is 0 Å². The number of aryl methyl sites for hydroxylation is 2. The molecule has 1 unspecified atom stereocenters. The van der Waals surface area contributed by atoms with Gasteiger partial charge in [0.2, 0.25) is 0 Å². The largest absolute Gasteiger partial charge is 0.324 e. The third-order valence-corrected chi connectivity index (χ3v) is 2.67. The fraction of sp³-hybridized carbons (Fsp3) is 0.364. The van der Waals surface area contributed by atoms with Gasteiger partial charge in [-0.1, -0.05) is 12.1 Å². The smallest absolute Gasteiger partial charge is 0.0929 e. The molecule has 1 aromatic carbocycles. The predicted molar refractivity (Wildman–Crippen MR) is 58.1 cm³/mol. The van der Waals surface area contributed by atoms with Crippen LogP contribution in [0.25, 0.3) is 10.9 Å². The van der Waals surface area contributed by atoms with Crippen LogP contribution in [0.1, 0.15) is 24.2 Å². The molecule has 2 aromatic rings. The number of aromatic nitrogens is 2. The summed E-state index contributed by atoms with van der Waals surface area (Å²) in [6.07, 6.45) is 0. The molecule has 1 aromatic heterocycles. The molecule has 0 radical (unpaired) electrons. The first-order valence-electron chi connectivity index (χ1n) is 4.79. The van der Waals surface area contributed by atoms with Crippen LogP contribution >= 0.6 is 0 Å². The molecule has 0 aliphatic rings. The molecule has 0 aliphatic carbocycles. The molecule has 0 saturated heterocycles. The maximum absolute atomic E-state index is 5.92. The van der Waals surface area contributed by atoms with Crippen LogP contribution in [-0.2, 0) is 7.05 Å². The van der Waals surface area contributed by atoms with Crippen molar-refractivity contribution in [1.82, 2.24) is 9.78 Å². The Hall–Kier alpha value is -1.35. The summed E-state index contributed by atoms with van der Waals surface area (Å²) in [6, 6.07) is 6.16. The van der Waals surface area contributed by atoms with Gasteiger partial charge < -0.3 is 5.73 Å². The Labute approximate surface area is 83.5 Å². The molecule has 14 heavy (non-hydrogen) atoms. The van der Waals surface area contributed by atoms with Gasteiger partial charge in [0.1, 0.15) is 0 Å². The van der Waals surface area contributed by atoms with Crippen molar-refractivity contribution in [2.45, 2.75) is 19.9 Å². The summed E-state index contributed by atoms with van der Waals surface area (Å²) in [4.78, 5) is 0. The number of nitrogens with zero attached hydrogens (tertiary/aromatic N) is 2. The molecule has 0 saturated carbocycles. The molecule has 2 N–H and O–H groups in total. The van der Waals surface area contributed by atoms with Crippen molar-refractivity contribution >= 4 is 10.9 Å². The molecule has 0 fully saturated rings. The van der Waals surface area contributed by atoms with Crippen molar-refractivity contribution in [3.63, 3.8) is 0 Å². The molecular formula is C11H15N3. The second kappa shape index (κ2) is 3.10. The lowest BCUT2D eigenvalue weighted by molar-refractivity contribution is 0.750.